The van der Waals surface area contributed by atoms with Crippen molar-refractivity contribution in [1.29, 1.82) is 0 Å². The summed E-state index contributed by atoms with van der Waals surface area (Å²) in [6, 6.07) is 16.3. The Balaban J connectivity index is 2.05. The average Bonchev–Trinajstić information content (AvgIpc) is 2.82. The first-order chi connectivity index (χ1) is 16.0. The van der Waals surface area contributed by atoms with Crippen LogP contribution in [-0.4, -0.2) is 53.7 Å². The van der Waals surface area contributed by atoms with E-state index in [2.05, 4.69) is 10.3 Å². The lowest BCUT2D eigenvalue weighted by molar-refractivity contribution is -0.141. The van der Waals surface area contributed by atoms with Crippen LogP contribution >= 0.6 is 0 Å². The van der Waals surface area contributed by atoms with Gasteiger partial charge in [-0.1, -0.05) is 30.3 Å². The molecule has 4 N–H and O–H groups in total. The molecule has 3 rings (SSSR count). The van der Waals surface area contributed by atoms with Crippen molar-refractivity contribution in [2.75, 3.05) is 17.3 Å². The van der Waals surface area contributed by atoms with Gasteiger partial charge in [0.15, 0.2) is 11.3 Å². The number of nitrogens with two attached hydrogens (primary N) is 1. The van der Waals surface area contributed by atoms with Crippen LogP contribution in [0.25, 0.3) is 11.1 Å². The smallest absolute Gasteiger partial charge is 0.331 e. The van der Waals surface area contributed by atoms with E-state index in [0.717, 1.165) is 6.26 Å². The van der Waals surface area contributed by atoms with Gasteiger partial charge in [0.1, 0.15) is 9.84 Å². The van der Waals surface area contributed by atoms with Crippen molar-refractivity contribution < 1.29 is 27.9 Å². The lowest BCUT2D eigenvalue weighted by atomic mass is 9.84. The fourth-order valence-corrected chi connectivity index (χ4v) is 3.97. The lowest BCUT2D eigenvalue weighted by Crippen LogP contribution is -2.56. The van der Waals surface area contributed by atoms with E-state index < -0.39 is 45.2 Å². The van der Waals surface area contributed by atoms with Crippen molar-refractivity contribution in [3.05, 3.63) is 84.2 Å². The monoisotopic (exact) mass is 481 g/mol. The SMILES string of the molecule is CS(=O)(=O)CCC(N)(C(=O)O)C(=O)c1ccc(NC(=O)c2cccnc2)cc1-c1ccccc1. The Labute approximate surface area is 196 Å². The Bertz CT molecular complexity index is 1330. The van der Waals surface area contributed by atoms with E-state index in [4.69, 9.17) is 5.73 Å². The third-order valence-corrected chi connectivity index (χ3v) is 6.13. The molecule has 0 saturated heterocycles. The number of pyridine rings is 1. The normalized spacial score (nSPS) is 13.0. The highest BCUT2D eigenvalue weighted by Gasteiger charge is 2.43. The number of carbonyl (C=O) groups excluding carboxylic acids is 2. The minimum Gasteiger partial charge on any atom is -0.480 e. The summed E-state index contributed by atoms with van der Waals surface area (Å²) in [5.41, 5.74) is 5.12. The number of carboxylic acid groups (broad SMARTS) is 1. The number of carboxylic acids is 1. The molecule has 0 radical (unpaired) electrons. The highest BCUT2D eigenvalue weighted by Crippen LogP contribution is 2.30. The van der Waals surface area contributed by atoms with Crippen LogP contribution in [0.2, 0.25) is 0 Å². The Hall–Kier alpha value is -3.89. The Kier molecular flexibility index (Phi) is 7.23. The first kappa shape index (κ1) is 24.7. The molecule has 1 aromatic heterocycles. The van der Waals surface area contributed by atoms with Gasteiger partial charge in [-0.3, -0.25) is 14.6 Å². The summed E-state index contributed by atoms with van der Waals surface area (Å²) in [5.74, 6) is -3.55. The number of hydrogen-bond donors (Lipinski definition) is 3. The number of amides is 1. The third-order valence-electron chi connectivity index (χ3n) is 5.18. The summed E-state index contributed by atoms with van der Waals surface area (Å²) in [4.78, 5) is 41.8. The molecule has 0 aliphatic rings. The van der Waals surface area contributed by atoms with Crippen LogP contribution < -0.4 is 11.1 Å². The largest absolute Gasteiger partial charge is 0.480 e. The second-order valence-corrected chi connectivity index (χ2v) is 10.1. The zero-order valence-corrected chi connectivity index (χ0v) is 19.1. The standard InChI is InChI=1S/C24H23N3O6S/c1-34(32,33)13-11-24(25,23(30)31)21(28)19-10-9-18(14-20(19)16-6-3-2-4-7-16)27-22(29)17-8-5-12-26-15-17/h2-10,12,14-15H,11,13,25H2,1H3,(H,27,29)(H,30,31). The summed E-state index contributed by atoms with van der Waals surface area (Å²) < 4.78 is 23.2. The van der Waals surface area contributed by atoms with E-state index >= 15 is 0 Å². The molecule has 0 aliphatic heterocycles. The summed E-state index contributed by atoms with van der Waals surface area (Å²) in [5, 5.41) is 12.4. The van der Waals surface area contributed by atoms with Crippen LogP contribution in [0, 0.1) is 0 Å². The molecule has 1 amide bonds. The maximum Gasteiger partial charge on any atom is 0.331 e. The maximum atomic E-state index is 13.4. The molecule has 1 heterocycles. The van der Waals surface area contributed by atoms with Gasteiger partial charge in [-0.05, 0) is 47.9 Å². The first-order valence-corrected chi connectivity index (χ1v) is 12.2. The van der Waals surface area contributed by atoms with Crippen LogP contribution in [0.3, 0.4) is 0 Å². The van der Waals surface area contributed by atoms with Crippen LogP contribution in [0.4, 0.5) is 5.69 Å². The number of rotatable bonds is 9. The van der Waals surface area contributed by atoms with E-state index in [9.17, 15) is 27.9 Å². The molecule has 1 unspecified atom stereocenters. The molecule has 0 spiro atoms. The van der Waals surface area contributed by atoms with E-state index in [0.29, 0.717) is 22.4 Å². The number of carbonyl (C=O) groups is 3. The molecule has 3 aromatic rings. The molecule has 2 aromatic carbocycles. The highest BCUT2D eigenvalue weighted by atomic mass is 32.2. The quantitative estimate of drug-likeness (QED) is 0.311. The van der Waals surface area contributed by atoms with Gasteiger partial charge in [-0.2, -0.15) is 0 Å². The Morgan fingerprint density at radius 1 is 1.06 bits per heavy atom. The molecular weight excluding hydrogens is 458 g/mol. The van der Waals surface area contributed by atoms with E-state index in [1.807, 2.05) is 0 Å². The maximum absolute atomic E-state index is 13.4. The van der Waals surface area contributed by atoms with Gasteiger partial charge in [0, 0.05) is 29.9 Å². The summed E-state index contributed by atoms with van der Waals surface area (Å²) in [6.45, 7) is 0. The molecule has 0 saturated carbocycles. The highest BCUT2D eigenvalue weighted by molar-refractivity contribution is 7.90. The fraction of sp³-hybridized carbons (Fsp3) is 0.167. The number of benzene rings is 2. The third kappa shape index (κ3) is 5.72. The number of sulfone groups is 1. The number of nitrogens with one attached hydrogen (secondary N) is 1. The molecule has 34 heavy (non-hydrogen) atoms. The van der Waals surface area contributed by atoms with E-state index in [-0.39, 0.29) is 5.56 Å². The molecular formula is C24H23N3O6S. The zero-order chi connectivity index (χ0) is 24.9. The Morgan fingerprint density at radius 3 is 2.35 bits per heavy atom. The molecule has 176 valence electrons. The predicted octanol–water partition coefficient (Wildman–Crippen LogP) is 2.40. The number of nitrogens with zero attached hydrogens (tertiary/aromatic N) is 1. The van der Waals surface area contributed by atoms with Crippen LogP contribution in [0.5, 0.6) is 0 Å². The van der Waals surface area contributed by atoms with Gasteiger partial charge < -0.3 is 16.2 Å². The van der Waals surface area contributed by atoms with Crippen molar-refractivity contribution in [2.24, 2.45) is 5.73 Å². The lowest BCUT2D eigenvalue weighted by Gasteiger charge is -2.24. The molecule has 1 atom stereocenters. The molecule has 10 heteroatoms. The zero-order valence-electron chi connectivity index (χ0n) is 18.3. The van der Waals surface area contributed by atoms with Crippen LogP contribution in [0.1, 0.15) is 27.1 Å². The van der Waals surface area contributed by atoms with Crippen molar-refractivity contribution in [2.45, 2.75) is 12.0 Å². The Morgan fingerprint density at radius 2 is 1.76 bits per heavy atom. The summed E-state index contributed by atoms with van der Waals surface area (Å²) in [7, 11) is -3.56. The van der Waals surface area contributed by atoms with Gasteiger partial charge in [-0.15, -0.1) is 0 Å². The second kappa shape index (κ2) is 9.94. The molecule has 0 bridgehead atoms. The van der Waals surface area contributed by atoms with Gasteiger partial charge in [0.05, 0.1) is 11.3 Å². The van der Waals surface area contributed by atoms with Gasteiger partial charge in [0.25, 0.3) is 5.91 Å². The summed E-state index contributed by atoms with van der Waals surface area (Å²) in [6.07, 6.45) is 3.29. The minimum atomic E-state index is -3.56. The van der Waals surface area contributed by atoms with Crippen molar-refractivity contribution >= 4 is 33.2 Å². The van der Waals surface area contributed by atoms with E-state index in [1.54, 1.807) is 42.5 Å². The van der Waals surface area contributed by atoms with E-state index in [1.165, 1.54) is 30.6 Å². The van der Waals surface area contributed by atoms with Gasteiger partial charge in [-0.25, -0.2) is 13.2 Å². The predicted molar refractivity (Wildman–Crippen MR) is 127 cm³/mol. The van der Waals surface area contributed by atoms with Gasteiger partial charge >= 0.3 is 5.97 Å². The van der Waals surface area contributed by atoms with Crippen molar-refractivity contribution in [3.63, 3.8) is 0 Å². The second-order valence-electron chi connectivity index (χ2n) is 7.81. The van der Waals surface area contributed by atoms with Crippen LogP contribution in [0.15, 0.2) is 73.1 Å². The topological polar surface area (TPSA) is 157 Å². The molecule has 0 fully saturated rings. The number of aromatic nitrogens is 1. The minimum absolute atomic E-state index is 0.0102. The fourth-order valence-electron chi connectivity index (χ4n) is 3.28. The summed E-state index contributed by atoms with van der Waals surface area (Å²) >= 11 is 0. The number of ketones is 1. The van der Waals surface area contributed by atoms with Crippen molar-refractivity contribution in [3.8, 4) is 11.1 Å². The number of anilines is 1. The van der Waals surface area contributed by atoms with Gasteiger partial charge in [0.2, 0.25) is 0 Å². The first-order valence-electron chi connectivity index (χ1n) is 10.2. The number of hydrogen-bond acceptors (Lipinski definition) is 7. The molecule has 9 nitrogen and oxygen atoms in total. The number of Topliss-reactive ketones (excluding diaryl/α,β-unsaturated/α-hetero) is 1. The molecule has 0 aliphatic carbocycles. The number of aliphatic carboxylic acids is 1. The average molecular weight is 482 g/mol. The van der Waals surface area contributed by atoms with Crippen molar-refractivity contribution in [1.82, 2.24) is 4.98 Å². The van der Waals surface area contributed by atoms with Crippen LogP contribution in [-0.2, 0) is 14.6 Å².